The van der Waals surface area contributed by atoms with Crippen molar-refractivity contribution in [2.45, 2.75) is 60.5 Å². The average molecular weight is 417 g/mol. The Labute approximate surface area is 175 Å². The predicted molar refractivity (Wildman–Crippen MR) is 120 cm³/mol. The number of nitrogens with zero attached hydrogens (tertiary/aromatic N) is 1. The molecule has 0 aromatic heterocycles. The van der Waals surface area contributed by atoms with Gasteiger partial charge in [0.15, 0.2) is 0 Å². The highest BCUT2D eigenvalue weighted by Gasteiger charge is 2.31. The lowest BCUT2D eigenvalue weighted by atomic mass is 9.96. The van der Waals surface area contributed by atoms with E-state index in [0.717, 1.165) is 34.1 Å². The van der Waals surface area contributed by atoms with Gasteiger partial charge < -0.3 is 5.32 Å². The molecule has 0 bridgehead atoms. The van der Waals surface area contributed by atoms with Crippen LogP contribution in [0.4, 0.5) is 5.69 Å². The van der Waals surface area contributed by atoms with Crippen LogP contribution in [0.5, 0.6) is 0 Å². The van der Waals surface area contributed by atoms with Gasteiger partial charge in [0.25, 0.3) is 0 Å². The highest BCUT2D eigenvalue weighted by Crippen LogP contribution is 2.27. The number of amides is 1. The number of sulfonamides is 1. The van der Waals surface area contributed by atoms with E-state index in [-0.39, 0.29) is 11.9 Å². The van der Waals surface area contributed by atoms with Crippen molar-refractivity contribution in [3.8, 4) is 0 Å². The maximum atomic E-state index is 13.0. The number of hydrogen-bond acceptors (Lipinski definition) is 3. The Balaban J connectivity index is 2.35. The molecule has 0 aliphatic heterocycles. The topological polar surface area (TPSA) is 66.5 Å². The van der Waals surface area contributed by atoms with Gasteiger partial charge in [0.1, 0.15) is 6.04 Å². The lowest BCUT2D eigenvalue weighted by Crippen LogP contribution is -2.48. The third-order valence-corrected chi connectivity index (χ3v) is 6.63. The van der Waals surface area contributed by atoms with Crippen LogP contribution in [0.3, 0.4) is 0 Å². The van der Waals surface area contributed by atoms with E-state index < -0.39 is 16.1 Å². The van der Waals surface area contributed by atoms with Gasteiger partial charge in [0, 0.05) is 0 Å². The number of rotatable bonds is 6. The first-order valence-electron chi connectivity index (χ1n) is 9.77. The number of carbonyl (C=O) groups excluding carboxylic acids is 1. The molecule has 6 heteroatoms. The Morgan fingerprint density at radius 1 is 0.897 bits per heavy atom. The molecule has 0 radical (unpaired) electrons. The summed E-state index contributed by atoms with van der Waals surface area (Å²) >= 11 is 0. The van der Waals surface area contributed by atoms with Crippen LogP contribution in [-0.4, -0.2) is 26.6 Å². The highest BCUT2D eigenvalue weighted by atomic mass is 32.2. The minimum absolute atomic E-state index is 0.232. The largest absolute Gasteiger partial charge is 0.348 e. The smallest absolute Gasteiger partial charge is 0.244 e. The van der Waals surface area contributed by atoms with E-state index in [1.165, 1.54) is 9.87 Å². The average Bonchev–Trinajstić information content (AvgIpc) is 2.59. The van der Waals surface area contributed by atoms with Crippen LogP contribution in [-0.2, 0) is 14.8 Å². The van der Waals surface area contributed by atoms with Gasteiger partial charge in [-0.2, -0.15) is 0 Å². The Morgan fingerprint density at radius 2 is 1.48 bits per heavy atom. The fourth-order valence-electron chi connectivity index (χ4n) is 3.60. The summed E-state index contributed by atoms with van der Waals surface area (Å²) in [5.74, 6) is -0.332. The summed E-state index contributed by atoms with van der Waals surface area (Å²) in [5.41, 5.74) is 6.77. The van der Waals surface area contributed by atoms with Crippen LogP contribution in [0, 0.1) is 34.6 Å². The van der Waals surface area contributed by atoms with Crippen LogP contribution in [0.2, 0.25) is 0 Å². The van der Waals surface area contributed by atoms with E-state index in [2.05, 4.69) is 24.4 Å². The van der Waals surface area contributed by atoms with E-state index in [0.29, 0.717) is 5.69 Å². The number of carbonyl (C=O) groups is 1. The number of anilines is 1. The zero-order valence-corrected chi connectivity index (χ0v) is 19.4. The van der Waals surface area contributed by atoms with Crippen molar-refractivity contribution in [3.05, 3.63) is 63.7 Å². The second-order valence-electron chi connectivity index (χ2n) is 8.05. The highest BCUT2D eigenvalue weighted by molar-refractivity contribution is 7.92. The molecule has 2 aromatic rings. The van der Waals surface area contributed by atoms with Gasteiger partial charge in [0.05, 0.1) is 18.0 Å². The third-order valence-electron chi connectivity index (χ3n) is 5.40. The summed E-state index contributed by atoms with van der Waals surface area (Å²) < 4.78 is 26.4. The molecule has 2 atom stereocenters. The number of hydrogen-bond donors (Lipinski definition) is 1. The maximum absolute atomic E-state index is 13.0. The lowest BCUT2D eigenvalue weighted by molar-refractivity contribution is -0.122. The van der Waals surface area contributed by atoms with Crippen LogP contribution in [0.25, 0.3) is 0 Å². The zero-order valence-electron chi connectivity index (χ0n) is 18.6. The summed E-state index contributed by atoms with van der Waals surface area (Å²) in [6.07, 6.45) is 1.13. The fourth-order valence-corrected chi connectivity index (χ4v) is 4.82. The second kappa shape index (κ2) is 8.57. The molecule has 2 aromatic carbocycles. The summed E-state index contributed by atoms with van der Waals surface area (Å²) in [6.45, 7) is 13.4. The molecule has 0 aliphatic carbocycles. The van der Waals surface area contributed by atoms with Gasteiger partial charge in [-0.05, 0) is 87.9 Å². The fraction of sp³-hybridized carbons (Fsp3) is 0.435. The predicted octanol–water partition coefficient (Wildman–Crippen LogP) is 4.26. The lowest BCUT2D eigenvalue weighted by Gasteiger charge is -2.31. The first-order chi connectivity index (χ1) is 13.3. The van der Waals surface area contributed by atoms with Crippen molar-refractivity contribution in [1.82, 2.24) is 5.32 Å². The molecule has 0 saturated carbocycles. The molecule has 1 amide bonds. The maximum Gasteiger partial charge on any atom is 0.244 e. The van der Waals surface area contributed by atoms with Gasteiger partial charge in [-0.15, -0.1) is 0 Å². The van der Waals surface area contributed by atoms with Crippen molar-refractivity contribution < 1.29 is 13.2 Å². The molecule has 5 nitrogen and oxygen atoms in total. The van der Waals surface area contributed by atoms with Crippen LogP contribution in [0.15, 0.2) is 30.3 Å². The van der Waals surface area contributed by atoms with Gasteiger partial charge in [0.2, 0.25) is 15.9 Å². The molecule has 0 unspecified atom stereocenters. The van der Waals surface area contributed by atoms with E-state index in [1.54, 1.807) is 13.0 Å². The summed E-state index contributed by atoms with van der Waals surface area (Å²) in [5, 5.41) is 2.99. The van der Waals surface area contributed by atoms with E-state index in [9.17, 15) is 13.2 Å². The molecule has 0 heterocycles. The van der Waals surface area contributed by atoms with E-state index in [4.69, 9.17) is 0 Å². The number of aryl methyl sites for hydroxylation is 5. The van der Waals surface area contributed by atoms with Gasteiger partial charge in [-0.1, -0.05) is 24.3 Å². The van der Waals surface area contributed by atoms with Crippen molar-refractivity contribution in [1.29, 1.82) is 0 Å². The molecular formula is C23H32N2O3S. The Bertz CT molecular complexity index is 1030. The molecule has 1 N–H and O–H groups in total. The van der Waals surface area contributed by atoms with Crippen LogP contribution in [0.1, 0.15) is 53.3 Å². The summed E-state index contributed by atoms with van der Waals surface area (Å²) in [4.78, 5) is 13.0. The molecular weight excluding hydrogens is 384 g/mol. The Kier molecular flexibility index (Phi) is 6.78. The van der Waals surface area contributed by atoms with E-state index >= 15 is 0 Å². The quantitative estimate of drug-likeness (QED) is 0.765. The van der Waals surface area contributed by atoms with Crippen LogP contribution < -0.4 is 9.62 Å². The van der Waals surface area contributed by atoms with Crippen LogP contribution >= 0.6 is 0 Å². The first-order valence-corrected chi connectivity index (χ1v) is 11.6. The van der Waals surface area contributed by atoms with Crippen molar-refractivity contribution in [2.24, 2.45) is 0 Å². The molecule has 2 rings (SSSR count). The minimum Gasteiger partial charge on any atom is -0.348 e. The summed E-state index contributed by atoms with van der Waals surface area (Å²) in [7, 11) is -3.65. The Hall–Kier alpha value is -2.34. The zero-order chi connectivity index (χ0) is 22.1. The van der Waals surface area contributed by atoms with E-state index in [1.807, 2.05) is 46.8 Å². The molecule has 0 fully saturated rings. The molecule has 0 aliphatic rings. The standard InChI is InChI=1S/C23H32N2O3S/c1-14-9-10-15(2)22(11-14)25(29(8,27)28)20(7)23(26)24-19(6)21-13-17(4)16(3)12-18(21)5/h9-13,19-20H,1-8H3,(H,24,26)/t19-,20-/m1/s1. The van der Waals surface area contributed by atoms with Crippen molar-refractivity contribution in [3.63, 3.8) is 0 Å². The Morgan fingerprint density at radius 3 is 2.07 bits per heavy atom. The second-order valence-corrected chi connectivity index (χ2v) is 9.91. The molecule has 0 saturated heterocycles. The molecule has 0 spiro atoms. The molecule has 158 valence electrons. The normalized spacial score (nSPS) is 13.7. The minimum atomic E-state index is -3.65. The number of benzene rings is 2. The van der Waals surface area contributed by atoms with Gasteiger partial charge in [-0.3, -0.25) is 9.10 Å². The van der Waals surface area contributed by atoms with Gasteiger partial charge >= 0.3 is 0 Å². The molecule has 29 heavy (non-hydrogen) atoms. The van der Waals surface area contributed by atoms with Gasteiger partial charge in [-0.25, -0.2) is 8.42 Å². The summed E-state index contributed by atoms with van der Waals surface area (Å²) in [6, 6.07) is 8.68. The van der Waals surface area contributed by atoms with Crippen molar-refractivity contribution >= 4 is 21.6 Å². The first kappa shape index (κ1) is 22.9. The monoisotopic (exact) mass is 416 g/mol. The SMILES string of the molecule is Cc1ccc(C)c(N([C@H](C)C(=O)N[C@H](C)c2cc(C)c(C)cc2C)S(C)(=O)=O)c1. The van der Waals surface area contributed by atoms with Crippen molar-refractivity contribution in [2.75, 3.05) is 10.6 Å². The number of nitrogens with one attached hydrogen (secondary N) is 1. The third kappa shape index (κ3) is 5.18.